The second kappa shape index (κ2) is 8.76. The van der Waals surface area contributed by atoms with Crippen molar-refractivity contribution in [2.45, 2.75) is 20.3 Å². The van der Waals surface area contributed by atoms with Crippen LogP contribution >= 0.6 is 15.9 Å². The number of carboxylic acids is 1. The maximum Gasteiger partial charge on any atom is 0.308 e. The molecule has 0 heterocycles. The maximum absolute atomic E-state index is 12.3. The highest BCUT2D eigenvalue weighted by Crippen LogP contribution is 2.36. The lowest BCUT2D eigenvalue weighted by Crippen LogP contribution is -2.33. The third-order valence-electron chi connectivity index (χ3n) is 3.31. The van der Waals surface area contributed by atoms with E-state index in [-0.39, 0.29) is 18.4 Å². The van der Waals surface area contributed by atoms with Crippen LogP contribution in [-0.2, 0) is 4.79 Å². The Morgan fingerprint density at radius 1 is 1.26 bits per heavy atom. The van der Waals surface area contributed by atoms with Crippen LogP contribution in [0.25, 0.3) is 0 Å². The van der Waals surface area contributed by atoms with Gasteiger partial charge in [-0.25, -0.2) is 0 Å². The number of aliphatic carboxylic acids is 1. The van der Waals surface area contributed by atoms with Crippen molar-refractivity contribution in [2.24, 2.45) is 11.8 Å². The number of hydrogen-bond acceptors (Lipinski definition) is 4. The molecule has 0 bridgehead atoms. The quantitative estimate of drug-likeness (QED) is 0.715. The summed E-state index contributed by atoms with van der Waals surface area (Å²) in [5.74, 6) is -0.726. The molecule has 0 aliphatic carbocycles. The van der Waals surface area contributed by atoms with Gasteiger partial charge >= 0.3 is 5.97 Å². The van der Waals surface area contributed by atoms with Crippen LogP contribution in [0.5, 0.6) is 11.5 Å². The maximum atomic E-state index is 12.3. The van der Waals surface area contributed by atoms with Crippen LogP contribution in [0.4, 0.5) is 0 Å². The van der Waals surface area contributed by atoms with E-state index < -0.39 is 11.9 Å². The molecular formula is C16H22BrNO5. The zero-order chi connectivity index (χ0) is 17.6. The zero-order valence-electron chi connectivity index (χ0n) is 13.7. The van der Waals surface area contributed by atoms with Crippen molar-refractivity contribution in [3.63, 3.8) is 0 Å². The summed E-state index contributed by atoms with van der Waals surface area (Å²) >= 11 is 3.32. The Balaban J connectivity index is 2.85. The van der Waals surface area contributed by atoms with Crippen molar-refractivity contribution in [3.8, 4) is 11.5 Å². The van der Waals surface area contributed by atoms with Gasteiger partial charge in [0.05, 0.1) is 24.6 Å². The number of amides is 1. The highest BCUT2D eigenvalue weighted by atomic mass is 79.9. The van der Waals surface area contributed by atoms with Crippen LogP contribution < -0.4 is 14.8 Å². The van der Waals surface area contributed by atoms with Crippen LogP contribution in [0.2, 0.25) is 0 Å². The first-order valence-corrected chi connectivity index (χ1v) is 8.01. The van der Waals surface area contributed by atoms with Gasteiger partial charge < -0.3 is 19.9 Å². The number of ether oxygens (including phenoxy) is 2. The molecule has 1 aromatic rings. The van der Waals surface area contributed by atoms with Gasteiger partial charge in [0.15, 0.2) is 11.5 Å². The summed E-state index contributed by atoms with van der Waals surface area (Å²) < 4.78 is 11.0. The van der Waals surface area contributed by atoms with E-state index >= 15 is 0 Å². The fraction of sp³-hybridized carbons (Fsp3) is 0.500. The Hall–Kier alpha value is -1.76. The van der Waals surface area contributed by atoms with Crippen molar-refractivity contribution in [3.05, 3.63) is 22.2 Å². The van der Waals surface area contributed by atoms with E-state index in [1.165, 1.54) is 14.2 Å². The van der Waals surface area contributed by atoms with Gasteiger partial charge in [0, 0.05) is 12.1 Å². The second-order valence-corrected chi connectivity index (χ2v) is 6.42. The number of methoxy groups -OCH3 is 2. The van der Waals surface area contributed by atoms with E-state index in [4.69, 9.17) is 9.47 Å². The molecule has 0 saturated carbocycles. The summed E-state index contributed by atoms with van der Waals surface area (Å²) in [4.78, 5) is 23.5. The molecule has 0 spiro atoms. The first kappa shape index (κ1) is 19.3. The van der Waals surface area contributed by atoms with E-state index in [1.807, 2.05) is 13.8 Å². The van der Waals surface area contributed by atoms with Crippen molar-refractivity contribution in [1.82, 2.24) is 5.32 Å². The SMILES string of the molecule is COc1cc(C(=O)NCC(CC(C)C)C(=O)O)cc(Br)c1OC. The minimum absolute atomic E-state index is 0.0817. The minimum atomic E-state index is -0.910. The third kappa shape index (κ3) is 5.42. The van der Waals surface area contributed by atoms with Crippen molar-refractivity contribution in [1.29, 1.82) is 0 Å². The predicted octanol–water partition coefficient (Wildman–Crippen LogP) is 2.94. The number of carboxylic acid groups (broad SMARTS) is 1. The zero-order valence-corrected chi connectivity index (χ0v) is 15.3. The van der Waals surface area contributed by atoms with Gasteiger partial charge in [0.1, 0.15) is 0 Å². The van der Waals surface area contributed by atoms with Gasteiger partial charge in [-0.05, 0) is 40.4 Å². The molecular weight excluding hydrogens is 366 g/mol. The van der Waals surface area contributed by atoms with Gasteiger partial charge in [0.25, 0.3) is 5.91 Å². The predicted molar refractivity (Wildman–Crippen MR) is 90.2 cm³/mol. The van der Waals surface area contributed by atoms with E-state index in [2.05, 4.69) is 21.2 Å². The average Bonchev–Trinajstić information content (AvgIpc) is 2.49. The molecule has 0 radical (unpaired) electrons. The first-order valence-electron chi connectivity index (χ1n) is 7.22. The summed E-state index contributed by atoms with van der Waals surface area (Å²) in [6.07, 6.45) is 0.505. The van der Waals surface area contributed by atoms with Crippen molar-refractivity contribution < 1.29 is 24.2 Å². The molecule has 0 fully saturated rings. The van der Waals surface area contributed by atoms with Gasteiger partial charge in [-0.3, -0.25) is 9.59 Å². The Bertz CT molecular complexity index is 574. The lowest BCUT2D eigenvalue weighted by molar-refractivity contribution is -0.142. The van der Waals surface area contributed by atoms with Crippen LogP contribution in [0.3, 0.4) is 0 Å². The van der Waals surface area contributed by atoms with Gasteiger partial charge in [-0.2, -0.15) is 0 Å². The molecule has 0 saturated heterocycles. The topological polar surface area (TPSA) is 84.9 Å². The monoisotopic (exact) mass is 387 g/mol. The largest absolute Gasteiger partial charge is 0.493 e. The minimum Gasteiger partial charge on any atom is -0.493 e. The molecule has 0 aliphatic heterocycles. The van der Waals surface area contributed by atoms with Gasteiger partial charge in [-0.1, -0.05) is 13.8 Å². The lowest BCUT2D eigenvalue weighted by atomic mass is 9.97. The number of hydrogen-bond donors (Lipinski definition) is 2. The average molecular weight is 388 g/mol. The molecule has 7 heteroatoms. The smallest absolute Gasteiger partial charge is 0.308 e. The number of nitrogens with one attached hydrogen (secondary N) is 1. The molecule has 128 valence electrons. The number of halogens is 1. The number of carbonyl (C=O) groups excluding carboxylic acids is 1. The molecule has 23 heavy (non-hydrogen) atoms. The molecule has 2 N–H and O–H groups in total. The summed E-state index contributed by atoms with van der Waals surface area (Å²) in [5, 5.41) is 11.9. The van der Waals surface area contributed by atoms with E-state index in [0.717, 1.165) is 0 Å². The van der Waals surface area contributed by atoms with Crippen LogP contribution in [0.15, 0.2) is 16.6 Å². The molecule has 1 rings (SSSR count). The Morgan fingerprint density at radius 2 is 1.91 bits per heavy atom. The van der Waals surface area contributed by atoms with E-state index in [9.17, 15) is 14.7 Å². The van der Waals surface area contributed by atoms with Gasteiger partial charge in [0.2, 0.25) is 0 Å². The molecule has 0 aromatic heterocycles. The Kier molecular flexibility index (Phi) is 7.35. The third-order valence-corrected chi connectivity index (χ3v) is 3.90. The van der Waals surface area contributed by atoms with E-state index in [0.29, 0.717) is 28.0 Å². The Labute approximate surface area is 144 Å². The molecule has 1 atom stereocenters. The number of carbonyl (C=O) groups is 2. The standard InChI is InChI=1S/C16H22BrNO5/c1-9(2)5-11(16(20)21)8-18-15(19)10-6-12(17)14(23-4)13(7-10)22-3/h6-7,9,11H,5,8H2,1-4H3,(H,18,19)(H,20,21). The lowest BCUT2D eigenvalue weighted by Gasteiger charge is -2.16. The van der Waals surface area contributed by atoms with Crippen LogP contribution in [-0.4, -0.2) is 37.7 Å². The van der Waals surface area contributed by atoms with Crippen LogP contribution in [0.1, 0.15) is 30.6 Å². The Morgan fingerprint density at radius 3 is 2.39 bits per heavy atom. The molecule has 1 amide bonds. The first-order chi connectivity index (χ1) is 10.8. The van der Waals surface area contributed by atoms with Crippen LogP contribution in [0, 0.1) is 11.8 Å². The van der Waals surface area contributed by atoms with Crippen molar-refractivity contribution in [2.75, 3.05) is 20.8 Å². The molecule has 1 unspecified atom stereocenters. The summed E-state index contributed by atoms with van der Waals surface area (Å²) in [5.41, 5.74) is 0.364. The second-order valence-electron chi connectivity index (χ2n) is 5.57. The molecule has 6 nitrogen and oxygen atoms in total. The number of rotatable bonds is 8. The fourth-order valence-corrected chi connectivity index (χ4v) is 2.81. The summed E-state index contributed by atoms with van der Waals surface area (Å²) in [7, 11) is 2.99. The highest BCUT2D eigenvalue weighted by molar-refractivity contribution is 9.10. The summed E-state index contributed by atoms with van der Waals surface area (Å²) in [6, 6.07) is 3.16. The fourth-order valence-electron chi connectivity index (χ4n) is 2.21. The normalized spacial score (nSPS) is 11.9. The molecule has 1 aromatic carbocycles. The highest BCUT2D eigenvalue weighted by Gasteiger charge is 2.21. The number of benzene rings is 1. The summed E-state index contributed by atoms with van der Waals surface area (Å²) in [6.45, 7) is 3.98. The van der Waals surface area contributed by atoms with Crippen molar-refractivity contribution >= 4 is 27.8 Å². The molecule has 0 aliphatic rings. The van der Waals surface area contributed by atoms with E-state index in [1.54, 1.807) is 12.1 Å². The van der Waals surface area contributed by atoms with Gasteiger partial charge in [-0.15, -0.1) is 0 Å².